The highest BCUT2D eigenvalue weighted by molar-refractivity contribution is 7.80. The topological polar surface area (TPSA) is 37.0 Å². The molecule has 1 aromatic rings. The number of anilines is 1. The van der Waals surface area contributed by atoms with Crippen LogP contribution in [0.2, 0.25) is 0 Å². The molecule has 0 amide bonds. The zero-order chi connectivity index (χ0) is 12.0. The molecule has 3 nitrogen and oxygen atoms in total. The average Bonchev–Trinajstić information content (AvgIpc) is 2.16. The van der Waals surface area contributed by atoms with Crippen molar-refractivity contribution in [1.29, 1.82) is 0 Å². The van der Waals surface area contributed by atoms with Crippen LogP contribution in [0.3, 0.4) is 0 Å². The fourth-order valence-electron chi connectivity index (χ4n) is 1.44. The lowest BCUT2D eigenvalue weighted by atomic mass is 10.2. The van der Waals surface area contributed by atoms with Crippen molar-refractivity contribution in [3.8, 4) is 0 Å². The standard InChI is InChI=1S/C12H19N3S/c1-4-5-6-13-12(16)15-11-8-9(2)7-10(3)14-11/h7-8H,4-6H2,1-3H3,(H2,13,14,15,16). The molecule has 2 N–H and O–H groups in total. The molecule has 1 aromatic heterocycles. The molecule has 0 saturated carbocycles. The summed E-state index contributed by atoms with van der Waals surface area (Å²) in [6, 6.07) is 4.03. The number of pyridine rings is 1. The molecule has 88 valence electrons. The summed E-state index contributed by atoms with van der Waals surface area (Å²) in [4.78, 5) is 4.36. The van der Waals surface area contributed by atoms with E-state index < -0.39 is 0 Å². The number of rotatable bonds is 4. The van der Waals surface area contributed by atoms with Gasteiger partial charge in [0.05, 0.1) is 0 Å². The molecule has 4 heteroatoms. The summed E-state index contributed by atoms with van der Waals surface area (Å²) >= 11 is 5.17. The van der Waals surface area contributed by atoms with E-state index in [1.54, 1.807) is 0 Å². The summed E-state index contributed by atoms with van der Waals surface area (Å²) in [5, 5.41) is 6.89. The van der Waals surface area contributed by atoms with E-state index in [1.165, 1.54) is 5.56 Å². The van der Waals surface area contributed by atoms with Crippen molar-refractivity contribution in [2.24, 2.45) is 0 Å². The van der Waals surface area contributed by atoms with Gasteiger partial charge < -0.3 is 10.6 Å². The lowest BCUT2D eigenvalue weighted by Crippen LogP contribution is -2.29. The zero-order valence-corrected chi connectivity index (χ0v) is 10.9. The van der Waals surface area contributed by atoms with Crippen molar-refractivity contribution in [2.45, 2.75) is 33.6 Å². The van der Waals surface area contributed by atoms with Crippen LogP contribution < -0.4 is 10.6 Å². The fourth-order valence-corrected chi connectivity index (χ4v) is 1.65. The van der Waals surface area contributed by atoms with E-state index in [1.807, 2.05) is 26.0 Å². The normalized spacial score (nSPS) is 9.94. The maximum atomic E-state index is 5.17. The third-order valence-corrected chi connectivity index (χ3v) is 2.40. The Morgan fingerprint density at radius 2 is 2.12 bits per heavy atom. The Balaban J connectivity index is 2.49. The number of nitrogens with one attached hydrogen (secondary N) is 2. The number of hydrogen-bond acceptors (Lipinski definition) is 2. The summed E-state index contributed by atoms with van der Waals surface area (Å²) in [7, 11) is 0. The molecule has 0 spiro atoms. The van der Waals surface area contributed by atoms with E-state index in [-0.39, 0.29) is 0 Å². The summed E-state index contributed by atoms with van der Waals surface area (Å²) in [6.45, 7) is 7.09. The third-order valence-electron chi connectivity index (χ3n) is 2.16. The number of aromatic nitrogens is 1. The Morgan fingerprint density at radius 1 is 1.38 bits per heavy atom. The second-order valence-corrected chi connectivity index (χ2v) is 4.31. The van der Waals surface area contributed by atoms with Gasteiger partial charge in [0.2, 0.25) is 0 Å². The molecule has 0 aliphatic heterocycles. The second-order valence-electron chi connectivity index (χ2n) is 3.91. The van der Waals surface area contributed by atoms with Crippen molar-refractivity contribution in [2.75, 3.05) is 11.9 Å². The minimum Gasteiger partial charge on any atom is -0.362 e. The first-order valence-electron chi connectivity index (χ1n) is 5.62. The SMILES string of the molecule is CCCCNC(=S)Nc1cc(C)cc(C)n1. The monoisotopic (exact) mass is 237 g/mol. The number of aryl methyl sites for hydroxylation is 2. The van der Waals surface area contributed by atoms with Crippen LogP contribution in [0.5, 0.6) is 0 Å². The van der Waals surface area contributed by atoms with Gasteiger partial charge in [0.1, 0.15) is 5.82 Å². The molecule has 0 aliphatic rings. The summed E-state index contributed by atoms with van der Waals surface area (Å²) in [5.41, 5.74) is 2.19. The first-order valence-corrected chi connectivity index (χ1v) is 6.02. The maximum absolute atomic E-state index is 5.17. The van der Waals surface area contributed by atoms with E-state index in [9.17, 15) is 0 Å². The van der Waals surface area contributed by atoms with Gasteiger partial charge in [-0.05, 0) is 50.2 Å². The van der Waals surface area contributed by atoms with E-state index in [0.29, 0.717) is 5.11 Å². The van der Waals surface area contributed by atoms with Crippen molar-refractivity contribution in [3.63, 3.8) is 0 Å². The quantitative estimate of drug-likeness (QED) is 0.624. The van der Waals surface area contributed by atoms with Crippen LogP contribution >= 0.6 is 12.2 Å². The lowest BCUT2D eigenvalue weighted by molar-refractivity contribution is 0.758. The van der Waals surface area contributed by atoms with Crippen LogP contribution in [-0.4, -0.2) is 16.6 Å². The van der Waals surface area contributed by atoms with Gasteiger partial charge in [-0.25, -0.2) is 4.98 Å². The fraction of sp³-hybridized carbons (Fsp3) is 0.500. The molecule has 16 heavy (non-hydrogen) atoms. The van der Waals surface area contributed by atoms with Crippen molar-refractivity contribution in [3.05, 3.63) is 23.4 Å². The highest BCUT2D eigenvalue weighted by atomic mass is 32.1. The van der Waals surface area contributed by atoms with Crippen LogP contribution in [0.15, 0.2) is 12.1 Å². The van der Waals surface area contributed by atoms with Crippen LogP contribution in [0.4, 0.5) is 5.82 Å². The zero-order valence-electron chi connectivity index (χ0n) is 10.1. The summed E-state index contributed by atoms with van der Waals surface area (Å²) in [5.74, 6) is 0.812. The van der Waals surface area contributed by atoms with E-state index in [2.05, 4.69) is 22.5 Å². The first-order chi connectivity index (χ1) is 7.61. The largest absolute Gasteiger partial charge is 0.362 e. The Labute approximate surface area is 103 Å². The van der Waals surface area contributed by atoms with Crippen LogP contribution in [0.25, 0.3) is 0 Å². The molecule has 1 rings (SSSR count). The molecule has 0 unspecified atom stereocenters. The van der Waals surface area contributed by atoms with Crippen LogP contribution in [0.1, 0.15) is 31.0 Å². The molecule has 0 fully saturated rings. The van der Waals surface area contributed by atoms with E-state index in [0.717, 1.165) is 30.9 Å². The number of unbranched alkanes of at least 4 members (excludes halogenated alkanes) is 1. The maximum Gasteiger partial charge on any atom is 0.171 e. The number of hydrogen-bond donors (Lipinski definition) is 2. The number of thiocarbonyl (C=S) groups is 1. The van der Waals surface area contributed by atoms with Crippen molar-refractivity contribution in [1.82, 2.24) is 10.3 Å². The highest BCUT2D eigenvalue weighted by Gasteiger charge is 1.99. The Kier molecular flexibility index (Phi) is 5.19. The van der Waals surface area contributed by atoms with Gasteiger partial charge in [-0.2, -0.15) is 0 Å². The Hall–Kier alpha value is -1.16. The molecule has 1 heterocycles. The number of nitrogens with zero attached hydrogens (tertiary/aromatic N) is 1. The predicted molar refractivity (Wildman–Crippen MR) is 72.8 cm³/mol. The van der Waals surface area contributed by atoms with Crippen LogP contribution in [0, 0.1) is 13.8 Å². The molecule has 0 saturated heterocycles. The van der Waals surface area contributed by atoms with Crippen molar-refractivity contribution >= 4 is 23.1 Å². The predicted octanol–water partition coefficient (Wildman–Crippen LogP) is 2.78. The van der Waals surface area contributed by atoms with Crippen molar-refractivity contribution < 1.29 is 0 Å². The van der Waals surface area contributed by atoms with Gasteiger partial charge in [-0.15, -0.1) is 0 Å². The van der Waals surface area contributed by atoms with Gasteiger partial charge >= 0.3 is 0 Å². The molecular weight excluding hydrogens is 218 g/mol. The van der Waals surface area contributed by atoms with Gasteiger partial charge in [-0.1, -0.05) is 13.3 Å². The highest BCUT2D eigenvalue weighted by Crippen LogP contribution is 2.08. The average molecular weight is 237 g/mol. The van der Waals surface area contributed by atoms with Gasteiger partial charge in [0.25, 0.3) is 0 Å². The van der Waals surface area contributed by atoms with Crippen LogP contribution in [-0.2, 0) is 0 Å². The lowest BCUT2D eigenvalue weighted by Gasteiger charge is -2.10. The molecule has 0 aliphatic carbocycles. The van der Waals surface area contributed by atoms with E-state index in [4.69, 9.17) is 12.2 Å². The molecule has 0 radical (unpaired) electrons. The summed E-state index contributed by atoms with van der Waals surface area (Å²) in [6.07, 6.45) is 2.29. The Morgan fingerprint density at radius 3 is 2.75 bits per heavy atom. The summed E-state index contributed by atoms with van der Waals surface area (Å²) < 4.78 is 0. The smallest absolute Gasteiger partial charge is 0.171 e. The third kappa shape index (κ3) is 4.57. The van der Waals surface area contributed by atoms with Gasteiger partial charge in [0, 0.05) is 12.2 Å². The van der Waals surface area contributed by atoms with Gasteiger partial charge in [-0.3, -0.25) is 0 Å². The Bertz CT molecular complexity index is 343. The second kappa shape index (κ2) is 6.43. The first kappa shape index (κ1) is 12.9. The molecular formula is C12H19N3S. The molecule has 0 atom stereocenters. The van der Waals surface area contributed by atoms with Gasteiger partial charge in [0.15, 0.2) is 5.11 Å². The minimum atomic E-state index is 0.644. The van der Waals surface area contributed by atoms with E-state index >= 15 is 0 Å². The minimum absolute atomic E-state index is 0.644. The molecule has 0 aromatic carbocycles. The molecule has 0 bridgehead atoms.